The van der Waals surface area contributed by atoms with Crippen LogP contribution in [0.4, 0.5) is 18.9 Å². The maximum Gasteiger partial charge on any atom is 0.418 e. The number of rotatable bonds is 7. The zero-order chi connectivity index (χ0) is 23.3. The Labute approximate surface area is 185 Å². The van der Waals surface area contributed by atoms with E-state index in [2.05, 4.69) is 15.3 Å². The van der Waals surface area contributed by atoms with Crippen LogP contribution in [0.15, 0.2) is 58.7 Å². The normalized spacial score (nSPS) is 11.3. The monoisotopic (exact) mass is 464 g/mol. The summed E-state index contributed by atoms with van der Waals surface area (Å²) in [6, 6.07) is 7.78. The highest BCUT2D eigenvalue weighted by atomic mass is 32.2. The molecule has 7 nitrogen and oxygen atoms in total. The molecule has 1 N–H and O–H groups in total. The topological polar surface area (TPSA) is 86.1 Å². The molecule has 0 saturated carbocycles. The van der Waals surface area contributed by atoms with Gasteiger partial charge in [-0.25, -0.2) is 9.97 Å². The molecule has 0 fully saturated rings. The Balaban J connectivity index is 1.83. The molecule has 0 bridgehead atoms. The first-order chi connectivity index (χ1) is 15.2. The molecular formula is C21H19F3N4O3S. The van der Waals surface area contributed by atoms with Gasteiger partial charge in [0.15, 0.2) is 10.9 Å². The number of hydrogen-bond donors (Lipinski definition) is 1. The standard InChI is InChI=1S/C21H19F3N4O3S/c1-13-7-8-25-20(26-13)32-12-14-9-17(29)18(31-2)10-28(14)11-19(30)27-16-6-4-3-5-15(16)21(22,23)24/h3-10H,11-12H2,1-2H3,(H,27,30). The van der Waals surface area contributed by atoms with Crippen LogP contribution in [0.1, 0.15) is 17.0 Å². The van der Waals surface area contributed by atoms with E-state index in [0.717, 1.165) is 11.8 Å². The van der Waals surface area contributed by atoms with Crippen LogP contribution in [-0.2, 0) is 23.3 Å². The van der Waals surface area contributed by atoms with E-state index in [4.69, 9.17) is 4.74 Å². The number of methoxy groups -OCH3 is 1. The lowest BCUT2D eigenvalue weighted by Crippen LogP contribution is -2.24. The predicted molar refractivity (Wildman–Crippen MR) is 114 cm³/mol. The van der Waals surface area contributed by atoms with Crippen molar-refractivity contribution >= 4 is 23.4 Å². The molecule has 0 aliphatic rings. The van der Waals surface area contributed by atoms with Crippen molar-refractivity contribution in [2.24, 2.45) is 0 Å². The molecule has 2 aromatic heterocycles. The average molecular weight is 464 g/mol. The van der Waals surface area contributed by atoms with Crippen LogP contribution < -0.4 is 15.5 Å². The number of alkyl halides is 3. The molecule has 0 radical (unpaired) electrons. The summed E-state index contributed by atoms with van der Waals surface area (Å²) in [5, 5.41) is 2.79. The highest BCUT2D eigenvalue weighted by molar-refractivity contribution is 7.98. The lowest BCUT2D eigenvalue weighted by molar-refractivity contribution is -0.137. The number of thioether (sulfide) groups is 1. The molecule has 1 aromatic carbocycles. The number of halogens is 3. The van der Waals surface area contributed by atoms with Crippen molar-refractivity contribution in [3.8, 4) is 5.75 Å². The summed E-state index contributed by atoms with van der Waals surface area (Å²) in [4.78, 5) is 33.2. The van der Waals surface area contributed by atoms with Crippen LogP contribution in [0.3, 0.4) is 0 Å². The van der Waals surface area contributed by atoms with E-state index in [1.165, 1.54) is 53.9 Å². The number of aryl methyl sites for hydroxylation is 1. The first-order valence-electron chi connectivity index (χ1n) is 9.33. The van der Waals surface area contributed by atoms with Crippen LogP contribution in [0, 0.1) is 6.92 Å². The highest BCUT2D eigenvalue weighted by Gasteiger charge is 2.33. The summed E-state index contributed by atoms with van der Waals surface area (Å²) in [5.41, 5.74) is -0.435. The molecule has 3 rings (SSSR count). The largest absolute Gasteiger partial charge is 0.491 e. The number of amides is 1. The summed E-state index contributed by atoms with van der Waals surface area (Å²) in [6.07, 6.45) is -1.65. The zero-order valence-electron chi connectivity index (χ0n) is 17.1. The van der Waals surface area contributed by atoms with E-state index < -0.39 is 17.6 Å². The number of carbonyl (C=O) groups is 1. The third kappa shape index (κ3) is 5.88. The van der Waals surface area contributed by atoms with E-state index in [-0.39, 0.29) is 29.2 Å². The van der Waals surface area contributed by atoms with Crippen molar-refractivity contribution < 1.29 is 22.7 Å². The second-order valence-electron chi connectivity index (χ2n) is 6.69. The summed E-state index contributed by atoms with van der Waals surface area (Å²) < 4.78 is 46.1. The molecule has 0 aliphatic carbocycles. The fraction of sp³-hybridized carbons (Fsp3) is 0.238. The van der Waals surface area contributed by atoms with Gasteiger partial charge in [0.2, 0.25) is 11.3 Å². The number of carbonyl (C=O) groups excluding carboxylic acids is 1. The van der Waals surface area contributed by atoms with Crippen molar-refractivity contribution in [3.05, 3.63) is 76.0 Å². The quantitative estimate of drug-likeness (QED) is 0.422. The van der Waals surface area contributed by atoms with Crippen LogP contribution >= 0.6 is 11.8 Å². The molecule has 32 heavy (non-hydrogen) atoms. The smallest absolute Gasteiger partial charge is 0.418 e. The average Bonchev–Trinajstić information content (AvgIpc) is 2.73. The second-order valence-corrected chi connectivity index (χ2v) is 7.63. The minimum Gasteiger partial charge on any atom is -0.491 e. The number of nitrogens with zero attached hydrogens (tertiary/aromatic N) is 3. The molecule has 0 unspecified atom stereocenters. The zero-order valence-corrected chi connectivity index (χ0v) is 18.0. The highest BCUT2D eigenvalue weighted by Crippen LogP contribution is 2.34. The van der Waals surface area contributed by atoms with Gasteiger partial charge < -0.3 is 14.6 Å². The fourth-order valence-corrected chi connectivity index (χ4v) is 3.71. The van der Waals surface area contributed by atoms with E-state index in [1.807, 2.05) is 6.92 Å². The molecule has 0 spiro atoms. The van der Waals surface area contributed by atoms with Crippen LogP contribution in [0.5, 0.6) is 5.75 Å². The summed E-state index contributed by atoms with van der Waals surface area (Å²) >= 11 is 1.26. The van der Waals surface area contributed by atoms with Gasteiger partial charge in [0.25, 0.3) is 0 Å². The Morgan fingerprint density at radius 3 is 2.69 bits per heavy atom. The van der Waals surface area contributed by atoms with Crippen molar-refractivity contribution in [1.82, 2.24) is 14.5 Å². The summed E-state index contributed by atoms with van der Waals surface area (Å²) in [5.74, 6) is -0.422. The van der Waals surface area contributed by atoms with E-state index in [1.54, 1.807) is 12.3 Å². The van der Waals surface area contributed by atoms with E-state index in [0.29, 0.717) is 10.9 Å². The Morgan fingerprint density at radius 2 is 2.00 bits per heavy atom. The fourth-order valence-electron chi connectivity index (χ4n) is 2.84. The number of ether oxygens (including phenoxy) is 1. The summed E-state index contributed by atoms with van der Waals surface area (Å²) in [6.45, 7) is 1.49. The molecule has 0 atom stereocenters. The maximum atomic E-state index is 13.2. The Bertz CT molecular complexity index is 1180. The second kappa shape index (κ2) is 9.86. The minimum absolute atomic E-state index is 0.00838. The molecule has 2 heterocycles. The Hall–Kier alpha value is -3.34. The SMILES string of the molecule is COc1cn(CC(=O)Nc2ccccc2C(F)(F)F)c(CSc2nccc(C)n2)cc1=O. The van der Waals surface area contributed by atoms with Crippen LogP contribution in [0.25, 0.3) is 0 Å². The molecule has 11 heteroatoms. The van der Waals surface area contributed by atoms with Gasteiger partial charge in [0, 0.05) is 29.4 Å². The number of benzene rings is 1. The minimum atomic E-state index is -4.61. The molecule has 1 amide bonds. The number of para-hydroxylation sites is 1. The molecule has 168 valence electrons. The van der Waals surface area contributed by atoms with Crippen LogP contribution in [-0.4, -0.2) is 27.6 Å². The van der Waals surface area contributed by atoms with Gasteiger partial charge in [-0.15, -0.1) is 0 Å². The number of nitrogens with one attached hydrogen (secondary N) is 1. The third-order valence-electron chi connectivity index (χ3n) is 4.34. The van der Waals surface area contributed by atoms with Crippen molar-refractivity contribution in [2.45, 2.75) is 30.6 Å². The van der Waals surface area contributed by atoms with Gasteiger partial charge in [-0.2, -0.15) is 13.2 Å². The van der Waals surface area contributed by atoms with Gasteiger partial charge in [-0.3, -0.25) is 9.59 Å². The molecule has 0 aliphatic heterocycles. The van der Waals surface area contributed by atoms with Crippen molar-refractivity contribution in [1.29, 1.82) is 0 Å². The number of aromatic nitrogens is 3. The van der Waals surface area contributed by atoms with Gasteiger partial charge in [-0.1, -0.05) is 23.9 Å². The van der Waals surface area contributed by atoms with Crippen molar-refractivity contribution in [3.63, 3.8) is 0 Å². The predicted octanol–water partition coefficient (Wildman–Crippen LogP) is 3.91. The Morgan fingerprint density at radius 1 is 1.25 bits per heavy atom. The molecule has 0 saturated heterocycles. The van der Waals surface area contributed by atoms with Gasteiger partial charge >= 0.3 is 6.18 Å². The van der Waals surface area contributed by atoms with Gasteiger partial charge in [-0.05, 0) is 25.1 Å². The lowest BCUT2D eigenvalue weighted by atomic mass is 10.1. The number of pyridine rings is 1. The first-order valence-corrected chi connectivity index (χ1v) is 10.3. The summed E-state index contributed by atoms with van der Waals surface area (Å²) in [7, 11) is 1.32. The third-order valence-corrected chi connectivity index (χ3v) is 5.24. The maximum absolute atomic E-state index is 13.2. The first kappa shape index (κ1) is 23.3. The van der Waals surface area contributed by atoms with Gasteiger partial charge in [0.1, 0.15) is 6.54 Å². The van der Waals surface area contributed by atoms with Crippen LogP contribution in [0.2, 0.25) is 0 Å². The Kier molecular flexibility index (Phi) is 7.18. The van der Waals surface area contributed by atoms with Crippen molar-refractivity contribution in [2.75, 3.05) is 12.4 Å². The number of anilines is 1. The van der Waals surface area contributed by atoms with E-state index in [9.17, 15) is 22.8 Å². The molecule has 3 aromatic rings. The number of hydrogen-bond acceptors (Lipinski definition) is 6. The van der Waals surface area contributed by atoms with Gasteiger partial charge in [0.05, 0.1) is 24.6 Å². The lowest BCUT2D eigenvalue weighted by Gasteiger charge is -2.16. The van der Waals surface area contributed by atoms with E-state index >= 15 is 0 Å². The molecular weight excluding hydrogens is 445 g/mol.